The van der Waals surface area contributed by atoms with Gasteiger partial charge < -0.3 is 15.1 Å². The molecule has 2 N–H and O–H groups in total. The molecule has 3 heterocycles. The summed E-state index contributed by atoms with van der Waals surface area (Å²) in [5, 5.41) is 27.1. The van der Waals surface area contributed by atoms with Crippen molar-refractivity contribution in [1.82, 2.24) is 19.7 Å². The number of aliphatic hydroxyl groups is 2. The second-order valence-electron chi connectivity index (χ2n) is 10.2. The highest BCUT2D eigenvalue weighted by Gasteiger charge is 2.55. The van der Waals surface area contributed by atoms with Crippen LogP contribution in [0.5, 0.6) is 0 Å². The standard InChI is InChI=1S/C28H34N4O2/c1-19(2)22-8-10-23(11-9-22)28(34,27(4)17-31(5)18-27)24-14-21(15-29-16-24)7-12-26(33)25-13-20(3)32(6)30-25/h8-11,13-16,19,26,33-34H,17-18H2,1-6H3/t26?,28-/m0/s1. The predicted molar refractivity (Wildman–Crippen MR) is 133 cm³/mol. The van der Waals surface area contributed by atoms with E-state index in [-0.39, 0.29) is 5.41 Å². The number of pyridine rings is 1. The number of hydrogen-bond donors (Lipinski definition) is 2. The number of aromatic nitrogens is 3. The second kappa shape index (κ2) is 8.99. The molecule has 2 aromatic heterocycles. The van der Waals surface area contributed by atoms with Crippen molar-refractivity contribution < 1.29 is 10.2 Å². The number of benzene rings is 1. The fourth-order valence-corrected chi connectivity index (χ4v) is 5.00. The zero-order chi connectivity index (χ0) is 24.7. The van der Waals surface area contributed by atoms with Gasteiger partial charge >= 0.3 is 0 Å². The van der Waals surface area contributed by atoms with Gasteiger partial charge in [-0.3, -0.25) is 9.67 Å². The van der Waals surface area contributed by atoms with Gasteiger partial charge in [-0.25, -0.2) is 0 Å². The zero-order valence-electron chi connectivity index (χ0n) is 20.9. The highest BCUT2D eigenvalue weighted by atomic mass is 16.3. The van der Waals surface area contributed by atoms with E-state index in [1.807, 2.05) is 38.2 Å². The average molecular weight is 459 g/mol. The molecular formula is C28H34N4O2. The lowest BCUT2D eigenvalue weighted by Crippen LogP contribution is -2.63. The molecule has 6 nitrogen and oxygen atoms in total. The molecule has 0 spiro atoms. The Kier molecular flexibility index (Phi) is 6.39. The number of hydrogen-bond acceptors (Lipinski definition) is 5. The van der Waals surface area contributed by atoms with Crippen LogP contribution in [0, 0.1) is 24.2 Å². The first kappa shape index (κ1) is 24.2. The quantitative estimate of drug-likeness (QED) is 0.573. The summed E-state index contributed by atoms with van der Waals surface area (Å²) < 4.78 is 1.71. The highest BCUT2D eigenvalue weighted by Crippen LogP contribution is 2.50. The Morgan fingerprint density at radius 3 is 2.29 bits per heavy atom. The van der Waals surface area contributed by atoms with Crippen molar-refractivity contribution in [3.8, 4) is 11.8 Å². The maximum Gasteiger partial charge on any atom is 0.159 e. The molecule has 0 bridgehead atoms. The minimum Gasteiger partial charge on any atom is -0.380 e. The average Bonchev–Trinajstić information content (AvgIpc) is 3.14. The Morgan fingerprint density at radius 2 is 1.74 bits per heavy atom. The number of aliphatic hydroxyl groups excluding tert-OH is 1. The maximum absolute atomic E-state index is 12.3. The number of rotatable bonds is 5. The molecule has 2 atom stereocenters. The fraction of sp³-hybridized carbons (Fsp3) is 0.429. The molecule has 0 radical (unpaired) electrons. The summed E-state index contributed by atoms with van der Waals surface area (Å²) in [7, 11) is 3.89. The lowest BCUT2D eigenvalue weighted by molar-refractivity contribution is -0.127. The lowest BCUT2D eigenvalue weighted by atomic mass is 9.62. The number of nitrogens with zero attached hydrogens (tertiary/aromatic N) is 4. The van der Waals surface area contributed by atoms with Gasteiger partial charge in [0.25, 0.3) is 0 Å². The van der Waals surface area contributed by atoms with Gasteiger partial charge in [0.15, 0.2) is 6.10 Å². The Morgan fingerprint density at radius 1 is 1.06 bits per heavy atom. The molecule has 178 valence electrons. The van der Waals surface area contributed by atoms with Crippen molar-refractivity contribution in [2.75, 3.05) is 20.1 Å². The Hall–Kier alpha value is -2.98. The van der Waals surface area contributed by atoms with Crippen LogP contribution in [0.3, 0.4) is 0 Å². The molecule has 0 saturated carbocycles. The van der Waals surface area contributed by atoms with E-state index in [0.717, 1.165) is 24.3 Å². The van der Waals surface area contributed by atoms with Crippen LogP contribution in [0.15, 0.2) is 48.8 Å². The largest absolute Gasteiger partial charge is 0.380 e. The third kappa shape index (κ3) is 4.27. The number of likely N-dealkylation sites (tertiary alicyclic amines) is 1. The number of aryl methyl sites for hydroxylation is 2. The van der Waals surface area contributed by atoms with Crippen LogP contribution in [-0.2, 0) is 12.6 Å². The molecule has 0 amide bonds. The summed E-state index contributed by atoms with van der Waals surface area (Å²) in [6, 6.07) is 12.0. The molecule has 1 fully saturated rings. The van der Waals surface area contributed by atoms with Gasteiger partial charge in [-0.1, -0.05) is 56.9 Å². The van der Waals surface area contributed by atoms with Crippen LogP contribution < -0.4 is 0 Å². The van der Waals surface area contributed by atoms with Crippen LogP contribution in [0.2, 0.25) is 0 Å². The SMILES string of the molecule is Cc1cc(C(O)C#Cc2cncc([C@@](O)(c3ccc(C(C)C)cc3)C3(C)CN(C)C3)c2)nn1C. The van der Waals surface area contributed by atoms with Gasteiger partial charge in [-0.15, -0.1) is 0 Å². The molecule has 4 rings (SSSR count). The van der Waals surface area contributed by atoms with Crippen LogP contribution >= 0.6 is 0 Å². The van der Waals surface area contributed by atoms with Crippen molar-refractivity contribution >= 4 is 0 Å². The summed E-state index contributed by atoms with van der Waals surface area (Å²) in [4.78, 5) is 6.61. The lowest BCUT2D eigenvalue weighted by Gasteiger charge is -2.55. The molecule has 1 unspecified atom stereocenters. The van der Waals surface area contributed by atoms with E-state index in [1.165, 1.54) is 5.56 Å². The molecular weight excluding hydrogens is 424 g/mol. The summed E-state index contributed by atoms with van der Waals surface area (Å²) in [5.41, 5.74) is 3.29. The molecule has 1 saturated heterocycles. The first-order valence-electron chi connectivity index (χ1n) is 11.7. The summed E-state index contributed by atoms with van der Waals surface area (Å²) in [6.07, 6.45) is 2.39. The van der Waals surface area contributed by atoms with Crippen LogP contribution in [0.4, 0.5) is 0 Å². The minimum absolute atomic E-state index is 0.375. The van der Waals surface area contributed by atoms with Crippen molar-refractivity contribution in [1.29, 1.82) is 0 Å². The summed E-state index contributed by atoms with van der Waals surface area (Å²) in [5.74, 6) is 6.31. The van der Waals surface area contributed by atoms with Gasteiger partial charge in [0.2, 0.25) is 0 Å². The van der Waals surface area contributed by atoms with E-state index in [1.54, 1.807) is 17.1 Å². The monoisotopic (exact) mass is 458 g/mol. The van der Waals surface area contributed by atoms with Crippen LogP contribution in [-0.4, -0.2) is 50.0 Å². The van der Waals surface area contributed by atoms with E-state index in [9.17, 15) is 10.2 Å². The zero-order valence-corrected chi connectivity index (χ0v) is 20.9. The predicted octanol–water partition coefficient (Wildman–Crippen LogP) is 3.52. The maximum atomic E-state index is 12.3. The van der Waals surface area contributed by atoms with E-state index >= 15 is 0 Å². The third-order valence-corrected chi connectivity index (χ3v) is 7.03. The van der Waals surface area contributed by atoms with E-state index < -0.39 is 11.7 Å². The normalized spacial score (nSPS) is 18.0. The summed E-state index contributed by atoms with van der Waals surface area (Å²) >= 11 is 0. The first-order chi connectivity index (χ1) is 16.0. The third-order valence-electron chi connectivity index (χ3n) is 7.03. The van der Waals surface area contributed by atoms with Crippen molar-refractivity contribution in [2.45, 2.75) is 45.3 Å². The smallest absolute Gasteiger partial charge is 0.159 e. The molecule has 1 aromatic carbocycles. The van der Waals surface area contributed by atoms with Gasteiger partial charge in [-0.2, -0.15) is 5.10 Å². The van der Waals surface area contributed by atoms with Gasteiger partial charge in [0.05, 0.1) is 0 Å². The van der Waals surface area contributed by atoms with Gasteiger partial charge in [-0.05, 0) is 43.1 Å². The molecule has 1 aliphatic rings. The summed E-state index contributed by atoms with van der Waals surface area (Å²) in [6.45, 7) is 9.91. The van der Waals surface area contributed by atoms with Crippen molar-refractivity contribution in [2.24, 2.45) is 12.5 Å². The van der Waals surface area contributed by atoms with Gasteiger partial charge in [0, 0.05) is 54.8 Å². The first-order valence-corrected chi connectivity index (χ1v) is 11.7. The van der Waals surface area contributed by atoms with Gasteiger partial charge in [0.1, 0.15) is 11.3 Å². The molecule has 34 heavy (non-hydrogen) atoms. The molecule has 3 aromatic rings. The molecule has 0 aliphatic carbocycles. The topological polar surface area (TPSA) is 74.4 Å². The van der Waals surface area contributed by atoms with Crippen LogP contribution in [0.1, 0.15) is 66.4 Å². The highest BCUT2D eigenvalue weighted by molar-refractivity contribution is 5.45. The van der Waals surface area contributed by atoms with Crippen LogP contribution in [0.25, 0.3) is 0 Å². The fourth-order valence-electron chi connectivity index (χ4n) is 5.00. The van der Waals surface area contributed by atoms with Crippen molar-refractivity contribution in [3.63, 3.8) is 0 Å². The minimum atomic E-state index is -1.23. The Labute approximate surface area is 202 Å². The van der Waals surface area contributed by atoms with Crippen molar-refractivity contribution in [3.05, 3.63) is 82.4 Å². The second-order valence-corrected chi connectivity index (χ2v) is 10.2. The molecule has 6 heteroatoms. The van der Waals surface area contributed by atoms with E-state index in [0.29, 0.717) is 22.7 Å². The Balaban J connectivity index is 1.72. The van der Waals surface area contributed by atoms with E-state index in [2.05, 4.69) is 66.8 Å². The molecule has 1 aliphatic heterocycles. The Bertz CT molecular complexity index is 1210. The van der Waals surface area contributed by atoms with E-state index in [4.69, 9.17) is 0 Å².